The van der Waals surface area contributed by atoms with Gasteiger partial charge in [0.1, 0.15) is 0 Å². The van der Waals surface area contributed by atoms with E-state index in [0.29, 0.717) is 59.4 Å². The number of hydrogen-bond donors (Lipinski definition) is 1. The monoisotopic (exact) mass is 353 g/mol. The van der Waals surface area contributed by atoms with Gasteiger partial charge in [0, 0.05) is 18.7 Å². The Bertz CT molecular complexity index is 467. The summed E-state index contributed by atoms with van der Waals surface area (Å²) in [5.74, 6) is 0.0994. The summed E-state index contributed by atoms with van der Waals surface area (Å²) in [4.78, 5) is 11.3. The zero-order valence-corrected chi connectivity index (χ0v) is 15.2. The van der Waals surface area contributed by atoms with Gasteiger partial charge in [0.25, 0.3) is 0 Å². The van der Waals surface area contributed by atoms with Gasteiger partial charge in [-0.05, 0) is 31.4 Å². The van der Waals surface area contributed by atoms with Gasteiger partial charge in [0.2, 0.25) is 0 Å². The molecular formula is C19H31NO5. The molecule has 0 fully saturated rings. The number of Topliss-reactive ketones (excluding diaryl/α,β-unsaturated/α-hetero) is 1. The fourth-order valence-corrected chi connectivity index (χ4v) is 2.17. The molecule has 0 amide bonds. The third-order valence-electron chi connectivity index (χ3n) is 3.47. The van der Waals surface area contributed by atoms with Gasteiger partial charge in [-0.3, -0.25) is 4.79 Å². The van der Waals surface area contributed by atoms with Crippen LogP contribution >= 0.6 is 0 Å². The SMILES string of the molecule is CC(=O)c1cccc(CCCOCCOCCOCCOCCN)c1. The van der Waals surface area contributed by atoms with Gasteiger partial charge in [-0.25, -0.2) is 0 Å². The molecule has 142 valence electrons. The van der Waals surface area contributed by atoms with E-state index in [4.69, 9.17) is 24.7 Å². The summed E-state index contributed by atoms with van der Waals surface area (Å²) < 4.78 is 21.5. The summed E-state index contributed by atoms with van der Waals surface area (Å²) in [6.45, 7) is 6.75. The fraction of sp³-hybridized carbons (Fsp3) is 0.632. The number of carbonyl (C=O) groups is 1. The average molecular weight is 353 g/mol. The number of nitrogens with two attached hydrogens (primary N) is 1. The highest BCUT2D eigenvalue weighted by Gasteiger charge is 2.00. The first-order valence-electron chi connectivity index (χ1n) is 8.85. The number of ether oxygens (including phenoxy) is 4. The first-order chi connectivity index (χ1) is 12.2. The number of benzene rings is 1. The maximum atomic E-state index is 11.3. The van der Waals surface area contributed by atoms with Crippen molar-refractivity contribution < 1.29 is 23.7 Å². The molecule has 25 heavy (non-hydrogen) atoms. The Hall–Kier alpha value is -1.31. The molecule has 0 unspecified atom stereocenters. The number of hydrogen-bond acceptors (Lipinski definition) is 6. The molecule has 0 radical (unpaired) electrons. The summed E-state index contributed by atoms with van der Waals surface area (Å²) in [5.41, 5.74) is 7.23. The average Bonchev–Trinajstić information content (AvgIpc) is 2.62. The number of ketones is 1. The van der Waals surface area contributed by atoms with E-state index in [1.54, 1.807) is 6.92 Å². The molecule has 0 saturated carbocycles. The maximum absolute atomic E-state index is 11.3. The lowest BCUT2D eigenvalue weighted by Gasteiger charge is -2.07. The van der Waals surface area contributed by atoms with Crippen LogP contribution in [0, 0.1) is 0 Å². The van der Waals surface area contributed by atoms with Crippen LogP contribution in [0.15, 0.2) is 24.3 Å². The van der Waals surface area contributed by atoms with Crippen molar-refractivity contribution in [3.63, 3.8) is 0 Å². The van der Waals surface area contributed by atoms with E-state index in [0.717, 1.165) is 18.4 Å². The lowest BCUT2D eigenvalue weighted by molar-refractivity contribution is -0.00118. The Balaban J connectivity index is 1.87. The van der Waals surface area contributed by atoms with Crippen LogP contribution in [0.1, 0.15) is 29.3 Å². The van der Waals surface area contributed by atoms with Crippen LogP contribution in [-0.4, -0.2) is 65.2 Å². The molecule has 1 aromatic carbocycles. The standard InChI is InChI=1S/C19H31NO5/c1-17(21)19-6-2-4-18(16-19)5-3-8-22-10-12-24-14-15-25-13-11-23-9-7-20/h2,4,6,16H,3,5,7-15,20H2,1H3. The molecule has 0 spiro atoms. The van der Waals surface area contributed by atoms with E-state index >= 15 is 0 Å². The maximum Gasteiger partial charge on any atom is 0.159 e. The lowest BCUT2D eigenvalue weighted by Crippen LogP contribution is -2.14. The van der Waals surface area contributed by atoms with Gasteiger partial charge in [-0.2, -0.15) is 0 Å². The molecule has 6 heteroatoms. The van der Waals surface area contributed by atoms with Gasteiger partial charge in [-0.15, -0.1) is 0 Å². The summed E-state index contributed by atoms with van der Waals surface area (Å²) in [5, 5.41) is 0. The molecule has 0 atom stereocenters. The van der Waals surface area contributed by atoms with Crippen molar-refractivity contribution in [1.82, 2.24) is 0 Å². The van der Waals surface area contributed by atoms with Crippen LogP contribution in [0.5, 0.6) is 0 Å². The van der Waals surface area contributed by atoms with Gasteiger partial charge < -0.3 is 24.7 Å². The fourth-order valence-electron chi connectivity index (χ4n) is 2.17. The summed E-state index contributed by atoms with van der Waals surface area (Å²) in [7, 11) is 0. The summed E-state index contributed by atoms with van der Waals surface area (Å²) in [6, 6.07) is 7.76. The minimum Gasteiger partial charge on any atom is -0.379 e. The van der Waals surface area contributed by atoms with Crippen LogP contribution in [0.25, 0.3) is 0 Å². The Kier molecular flexibility index (Phi) is 13.0. The molecule has 0 aliphatic rings. The van der Waals surface area contributed by atoms with Crippen LogP contribution in [0.4, 0.5) is 0 Å². The second kappa shape index (κ2) is 15.0. The second-order valence-corrected chi connectivity index (χ2v) is 5.60. The van der Waals surface area contributed by atoms with Crippen LogP contribution in [0.2, 0.25) is 0 Å². The van der Waals surface area contributed by atoms with Crippen molar-refractivity contribution >= 4 is 5.78 Å². The van der Waals surface area contributed by atoms with Crippen molar-refractivity contribution in [2.24, 2.45) is 5.73 Å². The highest BCUT2D eigenvalue weighted by molar-refractivity contribution is 5.94. The Morgan fingerprint density at radius 1 is 0.880 bits per heavy atom. The molecule has 0 saturated heterocycles. The van der Waals surface area contributed by atoms with Crippen LogP contribution in [-0.2, 0) is 25.4 Å². The predicted octanol–water partition coefficient (Wildman–Crippen LogP) is 1.85. The first kappa shape index (κ1) is 21.7. The molecule has 1 aromatic rings. The van der Waals surface area contributed by atoms with Crippen molar-refractivity contribution in [1.29, 1.82) is 0 Å². The molecule has 0 aromatic heterocycles. The molecule has 0 heterocycles. The van der Waals surface area contributed by atoms with E-state index in [9.17, 15) is 4.79 Å². The molecule has 0 bridgehead atoms. The lowest BCUT2D eigenvalue weighted by atomic mass is 10.0. The van der Waals surface area contributed by atoms with Crippen molar-refractivity contribution in [2.45, 2.75) is 19.8 Å². The smallest absolute Gasteiger partial charge is 0.159 e. The molecule has 0 aliphatic carbocycles. The number of carbonyl (C=O) groups excluding carboxylic acids is 1. The highest BCUT2D eigenvalue weighted by atomic mass is 16.6. The third-order valence-corrected chi connectivity index (χ3v) is 3.47. The Morgan fingerprint density at radius 2 is 1.44 bits per heavy atom. The number of aryl methyl sites for hydroxylation is 1. The first-order valence-corrected chi connectivity index (χ1v) is 8.85. The zero-order chi connectivity index (χ0) is 18.2. The normalized spacial score (nSPS) is 11.0. The van der Waals surface area contributed by atoms with Gasteiger partial charge in [-0.1, -0.05) is 18.2 Å². The van der Waals surface area contributed by atoms with Crippen molar-refractivity contribution in [3.05, 3.63) is 35.4 Å². The quantitative estimate of drug-likeness (QED) is 0.361. The highest BCUT2D eigenvalue weighted by Crippen LogP contribution is 2.08. The number of rotatable bonds is 16. The van der Waals surface area contributed by atoms with Gasteiger partial charge in [0.05, 0.1) is 46.2 Å². The summed E-state index contributed by atoms with van der Waals surface area (Å²) in [6.07, 6.45) is 1.83. The van der Waals surface area contributed by atoms with Gasteiger partial charge >= 0.3 is 0 Å². The van der Waals surface area contributed by atoms with E-state index in [1.165, 1.54) is 5.56 Å². The summed E-state index contributed by atoms with van der Waals surface area (Å²) >= 11 is 0. The minimum atomic E-state index is 0.0994. The van der Waals surface area contributed by atoms with Crippen molar-refractivity contribution in [3.8, 4) is 0 Å². The van der Waals surface area contributed by atoms with E-state index < -0.39 is 0 Å². The zero-order valence-electron chi connectivity index (χ0n) is 15.2. The molecule has 0 aliphatic heterocycles. The second-order valence-electron chi connectivity index (χ2n) is 5.60. The largest absolute Gasteiger partial charge is 0.379 e. The minimum absolute atomic E-state index is 0.0994. The van der Waals surface area contributed by atoms with E-state index in [1.807, 2.05) is 24.3 Å². The Labute approximate surface area is 150 Å². The van der Waals surface area contributed by atoms with Crippen LogP contribution in [0.3, 0.4) is 0 Å². The molecule has 2 N–H and O–H groups in total. The predicted molar refractivity (Wildman–Crippen MR) is 97.1 cm³/mol. The third kappa shape index (κ3) is 11.8. The van der Waals surface area contributed by atoms with E-state index in [-0.39, 0.29) is 5.78 Å². The Morgan fingerprint density at radius 3 is 2.00 bits per heavy atom. The topological polar surface area (TPSA) is 80.0 Å². The van der Waals surface area contributed by atoms with Crippen molar-refractivity contribution in [2.75, 3.05) is 59.4 Å². The van der Waals surface area contributed by atoms with Crippen LogP contribution < -0.4 is 5.73 Å². The van der Waals surface area contributed by atoms with Gasteiger partial charge in [0.15, 0.2) is 5.78 Å². The molecule has 6 nitrogen and oxygen atoms in total. The van der Waals surface area contributed by atoms with E-state index in [2.05, 4.69) is 0 Å². The molecular weight excluding hydrogens is 322 g/mol. The molecule has 1 rings (SSSR count).